The second kappa shape index (κ2) is 10.9. The van der Waals surface area contributed by atoms with Crippen molar-refractivity contribution in [2.75, 3.05) is 6.61 Å². The van der Waals surface area contributed by atoms with Gasteiger partial charge < -0.3 is 4.74 Å². The average molecular weight is 467 g/mol. The van der Waals surface area contributed by atoms with Crippen molar-refractivity contribution in [1.29, 1.82) is 0 Å². The summed E-state index contributed by atoms with van der Waals surface area (Å²) in [5.74, 6) is -2.56. The maximum Gasteiger partial charge on any atom is 0.162 e. The zero-order valence-electron chi connectivity index (χ0n) is 20.0. The molecule has 0 amide bonds. The monoisotopic (exact) mass is 466 g/mol. The molecule has 1 aromatic carbocycles. The Labute approximate surface area is 196 Å². The summed E-state index contributed by atoms with van der Waals surface area (Å²) in [6, 6.07) is 3.61. The van der Waals surface area contributed by atoms with Crippen LogP contribution in [0.4, 0.5) is 17.6 Å². The van der Waals surface area contributed by atoms with E-state index in [1.165, 1.54) is 0 Å². The van der Waals surface area contributed by atoms with Crippen molar-refractivity contribution in [2.45, 2.75) is 102 Å². The van der Waals surface area contributed by atoms with Gasteiger partial charge in [0.1, 0.15) is 11.7 Å². The minimum Gasteiger partial charge on any atom is -0.377 e. The molecule has 0 bridgehead atoms. The number of hydrogen-bond acceptors (Lipinski definition) is 1. The van der Waals surface area contributed by atoms with Crippen molar-refractivity contribution < 1.29 is 22.3 Å². The first kappa shape index (κ1) is 24.8. The molecular formula is C28H38F4O. The fourth-order valence-electron chi connectivity index (χ4n) is 6.16. The summed E-state index contributed by atoms with van der Waals surface area (Å²) in [6.07, 6.45) is 8.77. The fraction of sp³-hybridized carbons (Fsp3) is 0.714. The highest BCUT2D eigenvalue weighted by atomic mass is 19.2. The van der Waals surface area contributed by atoms with E-state index >= 15 is 4.39 Å². The van der Waals surface area contributed by atoms with Gasteiger partial charge in [0.15, 0.2) is 11.6 Å². The third-order valence-corrected chi connectivity index (χ3v) is 8.55. The SMILES string of the molecule is CCC1CCC(COC2CCC(c3ccc(C4CCC(C)CC4)c(F)c3F)CC2)C(F)=C1F. The zero-order valence-corrected chi connectivity index (χ0v) is 20.0. The van der Waals surface area contributed by atoms with E-state index < -0.39 is 29.2 Å². The van der Waals surface area contributed by atoms with Gasteiger partial charge in [-0.25, -0.2) is 17.6 Å². The Morgan fingerprint density at radius 2 is 1.18 bits per heavy atom. The topological polar surface area (TPSA) is 9.23 Å². The van der Waals surface area contributed by atoms with Crippen LogP contribution in [0.1, 0.15) is 107 Å². The lowest BCUT2D eigenvalue weighted by Crippen LogP contribution is -2.26. The molecule has 3 aliphatic rings. The first-order chi connectivity index (χ1) is 15.9. The average Bonchev–Trinajstić information content (AvgIpc) is 2.83. The number of allylic oxidation sites excluding steroid dienone is 1. The number of benzene rings is 1. The van der Waals surface area contributed by atoms with Crippen molar-refractivity contribution >= 4 is 0 Å². The van der Waals surface area contributed by atoms with E-state index in [1.807, 2.05) is 13.0 Å². The second-order valence-electron chi connectivity index (χ2n) is 10.7. The second-order valence-corrected chi connectivity index (χ2v) is 10.7. The van der Waals surface area contributed by atoms with E-state index in [0.29, 0.717) is 36.3 Å². The smallest absolute Gasteiger partial charge is 0.162 e. The fourth-order valence-corrected chi connectivity index (χ4v) is 6.16. The summed E-state index contributed by atoms with van der Waals surface area (Å²) in [5.41, 5.74) is 1.02. The zero-order chi connectivity index (χ0) is 23.5. The lowest BCUT2D eigenvalue weighted by atomic mass is 9.77. The van der Waals surface area contributed by atoms with Crippen molar-refractivity contribution in [3.63, 3.8) is 0 Å². The Hall–Kier alpha value is -1.36. The molecule has 0 heterocycles. The van der Waals surface area contributed by atoms with Crippen LogP contribution in [0.25, 0.3) is 0 Å². The number of ether oxygens (including phenoxy) is 1. The van der Waals surface area contributed by atoms with Gasteiger partial charge in [0.25, 0.3) is 0 Å². The summed E-state index contributed by atoms with van der Waals surface area (Å²) >= 11 is 0. The first-order valence-electron chi connectivity index (χ1n) is 13.0. The minimum absolute atomic E-state index is 0.0196. The first-order valence-corrected chi connectivity index (χ1v) is 13.0. The van der Waals surface area contributed by atoms with Crippen LogP contribution in [0.3, 0.4) is 0 Å². The summed E-state index contributed by atoms with van der Waals surface area (Å²) in [4.78, 5) is 0. The van der Waals surface area contributed by atoms with E-state index in [-0.39, 0.29) is 30.5 Å². The highest BCUT2D eigenvalue weighted by Crippen LogP contribution is 2.42. The molecule has 0 aromatic heterocycles. The number of rotatable bonds is 6. The lowest BCUT2D eigenvalue weighted by molar-refractivity contribution is 0.00198. The molecular weight excluding hydrogens is 428 g/mol. The maximum absolute atomic E-state index is 15.0. The van der Waals surface area contributed by atoms with Crippen LogP contribution in [0, 0.1) is 29.4 Å². The Balaban J connectivity index is 1.31. The van der Waals surface area contributed by atoms with Crippen LogP contribution in [0.2, 0.25) is 0 Å². The van der Waals surface area contributed by atoms with E-state index in [0.717, 1.165) is 51.4 Å². The largest absolute Gasteiger partial charge is 0.377 e. The molecule has 33 heavy (non-hydrogen) atoms. The Morgan fingerprint density at radius 3 is 1.73 bits per heavy atom. The van der Waals surface area contributed by atoms with Crippen LogP contribution in [-0.2, 0) is 4.74 Å². The van der Waals surface area contributed by atoms with E-state index in [4.69, 9.17) is 4.74 Å². The minimum atomic E-state index is -0.675. The highest BCUT2D eigenvalue weighted by molar-refractivity contribution is 5.32. The van der Waals surface area contributed by atoms with Crippen molar-refractivity contribution in [3.05, 3.63) is 46.5 Å². The van der Waals surface area contributed by atoms with Crippen molar-refractivity contribution in [2.24, 2.45) is 17.8 Å². The lowest BCUT2D eigenvalue weighted by Gasteiger charge is -2.32. The molecule has 2 atom stereocenters. The normalized spacial score (nSPS) is 33.4. The molecule has 0 spiro atoms. The third-order valence-electron chi connectivity index (χ3n) is 8.55. The molecule has 1 aromatic rings. The van der Waals surface area contributed by atoms with Gasteiger partial charge in [0.05, 0.1) is 12.7 Å². The molecule has 0 N–H and O–H groups in total. The third kappa shape index (κ3) is 5.49. The predicted molar refractivity (Wildman–Crippen MR) is 123 cm³/mol. The quantitative estimate of drug-likeness (QED) is 0.380. The van der Waals surface area contributed by atoms with Gasteiger partial charge in [-0.3, -0.25) is 0 Å². The predicted octanol–water partition coefficient (Wildman–Crippen LogP) is 8.89. The van der Waals surface area contributed by atoms with Crippen LogP contribution in [0.15, 0.2) is 23.8 Å². The van der Waals surface area contributed by atoms with Gasteiger partial charge in [0.2, 0.25) is 0 Å². The molecule has 4 rings (SSSR count). The van der Waals surface area contributed by atoms with Gasteiger partial charge in [0, 0.05) is 11.8 Å². The Kier molecular flexibility index (Phi) is 8.19. The molecule has 5 heteroatoms. The molecule has 0 radical (unpaired) electrons. The van der Waals surface area contributed by atoms with E-state index in [2.05, 4.69) is 6.92 Å². The molecule has 184 valence electrons. The molecule has 3 aliphatic carbocycles. The molecule has 2 fully saturated rings. The maximum atomic E-state index is 15.0. The summed E-state index contributed by atoms with van der Waals surface area (Å²) in [5, 5.41) is 0. The highest BCUT2D eigenvalue weighted by Gasteiger charge is 2.32. The molecule has 0 saturated heterocycles. The molecule has 2 saturated carbocycles. The van der Waals surface area contributed by atoms with Crippen LogP contribution in [0.5, 0.6) is 0 Å². The van der Waals surface area contributed by atoms with Crippen molar-refractivity contribution in [1.82, 2.24) is 0 Å². The van der Waals surface area contributed by atoms with Gasteiger partial charge in [-0.2, -0.15) is 0 Å². The Bertz CT molecular complexity index is 835. The molecule has 0 aliphatic heterocycles. The molecule has 1 nitrogen and oxygen atoms in total. The van der Waals surface area contributed by atoms with Crippen LogP contribution >= 0.6 is 0 Å². The molecule has 2 unspecified atom stereocenters. The summed E-state index contributed by atoms with van der Waals surface area (Å²) in [6.45, 7) is 4.30. The number of halogens is 4. The van der Waals surface area contributed by atoms with Crippen LogP contribution in [-0.4, -0.2) is 12.7 Å². The standard InChI is InChI=1S/C28H38F4O/c1-3-18-8-9-21(26(30)25(18)29)16-33-22-12-10-20(11-13-22)24-15-14-23(27(31)28(24)32)19-6-4-17(2)5-7-19/h14-15,17-22H,3-13,16H2,1-2H3. The van der Waals surface area contributed by atoms with Gasteiger partial charge in [-0.15, -0.1) is 0 Å². The van der Waals surface area contributed by atoms with Crippen LogP contribution < -0.4 is 0 Å². The van der Waals surface area contributed by atoms with Crippen molar-refractivity contribution in [3.8, 4) is 0 Å². The van der Waals surface area contributed by atoms with Gasteiger partial charge in [-0.1, -0.05) is 38.8 Å². The van der Waals surface area contributed by atoms with E-state index in [1.54, 1.807) is 6.07 Å². The number of hydrogen-bond donors (Lipinski definition) is 0. The summed E-state index contributed by atoms with van der Waals surface area (Å²) < 4.78 is 64.4. The van der Waals surface area contributed by atoms with Gasteiger partial charge in [-0.05, 0) is 86.7 Å². The Morgan fingerprint density at radius 1 is 0.697 bits per heavy atom. The van der Waals surface area contributed by atoms with E-state index in [9.17, 15) is 13.2 Å². The summed E-state index contributed by atoms with van der Waals surface area (Å²) in [7, 11) is 0. The van der Waals surface area contributed by atoms with Gasteiger partial charge >= 0.3 is 0 Å².